The lowest BCUT2D eigenvalue weighted by Crippen LogP contribution is -2.63. The van der Waals surface area contributed by atoms with E-state index in [1.807, 2.05) is 26.0 Å². The Morgan fingerprint density at radius 1 is 1.25 bits per heavy atom. The third-order valence-corrected chi connectivity index (χ3v) is 8.11. The Balaban J connectivity index is 1.40. The molecule has 1 amide bonds. The first-order chi connectivity index (χ1) is 15.4. The van der Waals surface area contributed by atoms with Gasteiger partial charge in [0.05, 0.1) is 21.8 Å². The minimum absolute atomic E-state index is 0.0245. The van der Waals surface area contributed by atoms with Crippen molar-refractivity contribution in [2.45, 2.75) is 58.5 Å². The van der Waals surface area contributed by atoms with Crippen molar-refractivity contribution < 1.29 is 13.9 Å². The van der Waals surface area contributed by atoms with Crippen LogP contribution in [0.4, 0.5) is 4.39 Å². The molecule has 4 heterocycles. The Bertz CT molecular complexity index is 1160. The standard InChI is InChI=1S/C25H28FN3O2S/c1-4-31-21-9-5-14(2)27-24(21)25(30)29-18-11-16(12-18)15(3)20(29)8-10-23-28-19-7-6-17(26)13-22(19)32-23/h5-7,9,13,15-16,18,20H,4,8,10-12H2,1-3H3/t15-,16?,18?,20?/m1/s1. The number of rotatable bonds is 6. The van der Waals surface area contributed by atoms with E-state index in [1.54, 1.807) is 23.5 Å². The summed E-state index contributed by atoms with van der Waals surface area (Å²) in [5, 5.41) is 0.994. The molecule has 3 aromatic rings. The smallest absolute Gasteiger partial charge is 0.276 e. The molecule has 2 aromatic heterocycles. The molecule has 2 bridgehead atoms. The van der Waals surface area contributed by atoms with Crippen LogP contribution in [0, 0.1) is 24.6 Å². The maximum atomic E-state index is 13.8. The monoisotopic (exact) mass is 453 g/mol. The van der Waals surface area contributed by atoms with Gasteiger partial charge in [0.25, 0.3) is 5.91 Å². The number of benzene rings is 1. The van der Waals surface area contributed by atoms with Gasteiger partial charge in [0.1, 0.15) is 5.82 Å². The highest BCUT2D eigenvalue weighted by atomic mass is 32.1. The number of piperidine rings is 2. The van der Waals surface area contributed by atoms with Crippen LogP contribution in [-0.2, 0) is 6.42 Å². The summed E-state index contributed by atoms with van der Waals surface area (Å²) in [6, 6.07) is 8.88. The largest absolute Gasteiger partial charge is 0.491 e. The molecule has 1 saturated carbocycles. The summed E-state index contributed by atoms with van der Waals surface area (Å²) < 4.78 is 20.2. The molecule has 0 radical (unpaired) electrons. The van der Waals surface area contributed by atoms with Crippen LogP contribution in [0.25, 0.3) is 10.2 Å². The predicted molar refractivity (Wildman–Crippen MR) is 124 cm³/mol. The van der Waals surface area contributed by atoms with Crippen molar-refractivity contribution in [1.82, 2.24) is 14.9 Å². The van der Waals surface area contributed by atoms with E-state index in [1.165, 1.54) is 6.07 Å². The number of ether oxygens (including phenoxy) is 1. The average Bonchev–Trinajstić information content (AvgIpc) is 3.14. The van der Waals surface area contributed by atoms with Gasteiger partial charge in [0.2, 0.25) is 0 Å². The van der Waals surface area contributed by atoms with Gasteiger partial charge in [-0.2, -0.15) is 0 Å². The molecule has 32 heavy (non-hydrogen) atoms. The van der Waals surface area contributed by atoms with Gasteiger partial charge in [-0.05, 0) is 75.3 Å². The van der Waals surface area contributed by atoms with Crippen LogP contribution < -0.4 is 4.74 Å². The molecule has 3 aliphatic rings. The molecular formula is C25H28FN3O2S. The molecule has 1 unspecified atom stereocenters. The van der Waals surface area contributed by atoms with Gasteiger partial charge in [-0.3, -0.25) is 4.79 Å². The molecule has 1 aromatic carbocycles. The maximum absolute atomic E-state index is 13.8. The van der Waals surface area contributed by atoms with Crippen molar-refractivity contribution in [1.29, 1.82) is 0 Å². The average molecular weight is 454 g/mol. The van der Waals surface area contributed by atoms with Crippen molar-refractivity contribution in [2.24, 2.45) is 11.8 Å². The first-order valence-corrected chi connectivity index (χ1v) is 12.2. The lowest BCUT2D eigenvalue weighted by molar-refractivity contribution is -0.0574. The zero-order valence-corrected chi connectivity index (χ0v) is 19.5. The fourth-order valence-electron chi connectivity index (χ4n) is 5.26. The van der Waals surface area contributed by atoms with Crippen molar-refractivity contribution >= 4 is 27.5 Å². The molecule has 2 atom stereocenters. The second-order valence-corrected chi connectivity index (χ2v) is 10.1. The van der Waals surface area contributed by atoms with Crippen LogP contribution in [0.15, 0.2) is 30.3 Å². The fourth-order valence-corrected chi connectivity index (χ4v) is 6.27. The van der Waals surface area contributed by atoms with Crippen molar-refractivity contribution in [3.63, 3.8) is 0 Å². The van der Waals surface area contributed by atoms with Crippen LogP contribution in [0.2, 0.25) is 0 Å². The summed E-state index contributed by atoms with van der Waals surface area (Å²) >= 11 is 1.54. The van der Waals surface area contributed by atoms with Gasteiger partial charge in [-0.25, -0.2) is 14.4 Å². The Morgan fingerprint density at radius 3 is 2.84 bits per heavy atom. The molecule has 3 fully saturated rings. The zero-order chi connectivity index (χ0) is 22.4. The molecule has 1 aliphatic carbocycles. The van der Waals surface area contributed by atoms with E-state index in [0.29, 0.717) is 29.9 Å². The number of amides is 1. The third-order valence-electron chi connectivity index (χ3n) is 7.03. The number of halogens is 1. The summed E-state index contributed by atoms with van der Waals surface area (Å²) in [5.41, 5.74) is 2.07. The molecule has 2 aliphatic heterocycles. The Morgan fingerprint density at radius 2 is 2.06 bits per heavy atom. The van der Waals surface area contributed by atoms with Crippen LogP contribution in [0.3, 0.4) is 0 Å². The molecule has 168 valence electrons. The highest BCUT2D eigenvalue weighted by Gasteiger charge is 2.50. The molecule has 5 nitrogen and oxygen atoms in total. The summed E-state index contributed by atoms with van der Waals surface area (Å²) in [5.74, 6) is 1.40. The maximum Gasteiger partial charge on any atom is 0.276 e. The van der Waals surface area contributed by atoms with Gasteiger partial charge in [0, 0.05) is 24.2 Å². The van der Waals surface area contributed by atoms with Gasteiger partial charge in [-0.15, -0.1) is 11.3 Å². The van der Waals surface area contributed by atoms with Crippen LogP contribution in [0.5, 0.6) is 5.75 Å². The van der Waals surface area contributed by atoms with Crippen molar-refractivity contribution in [3.05, 3.63) is 52.5 Å². The lowest BCUT2D eigenvalue weighted by atomic mass is 9.64. The zero-order valence-electron chi connectivity index (χ0n) is 18.7. The molecule has 6 rings (SSSR count). The Kier molecular flexibility index (Phi) is 5.61. The quantitative estimate of drug-likeness (QED) is 0.501. The number of carbonyl (C=O) groups is 1. The Hall–Kier alpha value is -2.54. The number of aryl methyl sites for hydroxylation is 2. The van der Waals surface area contributed by atoms with E-state index in [-0.39, 0.29) is 23.8 Å². The number of pyridine rings is 1. The third kappa shape index (κ3) is 3.76. The highest BCUT2D eigenvalue weighted by Crippen LogP contribution is 2.48. The first kappa shape index (κ1) is 21.3. The van der Waals surface area contributed by atoms with Gasteiger partial charge in [-0.1, -0.05) is 6.92 Å². The minimum Gasteiger partial charge on any atom is -0.491 e. The lowest BCUT2D eigenvalue weighted by Gasteiger charge is -2.57. The normalized spacial score (nSPS) is 24.4. The first-order valence-electron chi connectivity index (χ1n) is 11.4. The summed E-state index contributed by atoms with van der Waals surface area (Å²) in [4.78, 5) is 25.1. The van der Waals surface area contributed by atoms with Crippen molar-refractivity contribution in [3.8, 4) is 5.75 Å². The summed E-state index contributed by atoms with van der Waals surface area (Å²) in [6.07, 6.45) is 3.76. The summed E-state index contributed by atoms with van der Waals surface area (Å²) in [6.45, 7) is 6.58. The van der Waals surface area contributed by atoms with Crippen molar-refractivity contribution in [2.75, 3.05) is 6.61 Å². The second kappa shape index (κ2) is 8.43. The summed E-state index contributed by atoms with van der Waals surface area (Å²) in [7, 11) is 0. The van der Waals surface area contributed by atoms with Gasteiger partial charge >= 0.3 is 0 Å². The van der Waals surface area contributed by atoms with E-state index in [4.69, 9.17) is 4.74 Å². The van der Waals surface area contributed by atoms with Gasteiger partial charge < -0.3 is 9.64 Å². The molecule has 0 spiro atoms. The fraction of sp³-hybridized carbons (Fsp3) is 0.480. The van der Waals surface area contributed by atoms with E-state index in [0.717, 1.165) is 46.6 Å². The number of fused-ring (bicyclic) bond motifs is 3. The molecular weight excluding hydrogens is 425 g/mol. The number of hydrogen-bond acceptors (Lipinski definition) is 5. The van der Waals surface area contributed by atoms with E-state index in [2.05, 4.69) is 21.8 Å². The highest BCUT2D eigenvalue weighted by molar-refractivity contribution is 7.18. The molecule has 0 N–H and O–H groups in total. The number of thiazole rings is 1. The van der Waals surface area contributed by atoms with Crippen LogP contribution in [0.1, 0.15) is 54.3 Å². The number of hydrogen-bond donors (Lipinski definition) is 0. The molecule has 7 heteroatoms. The van der Waals surface area contributed by atoms with E-state index in [9.17, 15) is 9.18 Å². The van der Waals surface area contributed by atoms with Crippen LogP contribution >= 0.6 is 11.3 Å². The number of nitrogens with zero attached hydrogens (tertiary/aromatic N) is 3. The van der Waals surface area contributed by atoms with Gasteiger partial charge in [0.15, 0.2) is 11.4 Å². The van der Waals surface area contributed by atoms with E-state index >= 15 is 0 Å². The number of carbonyl (C=O) groups excluding carboxylic acids is 1. The SMILES string of the molecule is CCOc1ccc(C)nc1C(=O)N1C2CC(C2)[C@@H](C)C1CCc1nc2ccc(F)cc2s1. The van der Waals surface area contributed by atoms with E-state index < -0.39 is 0 Å². The predicted octanol–water partition coefficient (Wildman–Crippen LogP) is 5.41. The second-order valence-electron chi connectivity index (χ2n) is 9.01. The van der Waals surface area contributed by atoms with Crippen LogP contribution in [-0.4, -0.2) is 39.5 Å². The molecule has 2 saturated heterocycles. The topological polar surface area (TPSA) is 55.3 Å². The minimum atomic E-state index is -0.235. The Labute approximate surface area is 191 Å². The number of aromatic nitrogens is 2.